The van der Waals surface area contributed by atoms with Gasteiger partial charge in [0, 0.05) is 32.7 Å². The molecule has 1 aliphatic rings. The molecule has 0 spiro atoms. The van der Waals surface area contributed by atoms with Crippen LogP contribution in [0.2, 0.25) is 0 Å². The highest BCUT2D eigenvalue weighted by Crippen LogP contribution is 2.23. The highest BCUT2D eigenvalue weighted by Gasteiger charge is 2.24. The number of nitrogens with zero attached hydrogens (tertiary/aromatic N) is 3. The van der Waals surface area contributed by atoms with E-state index >= 15 is 0 Å². The number of hydrogen-bond donors (Lipinski definition) is 1. The molecular weight excluding hydrogens is 204 g/mol. The maximum Gasteiger partial charge on any atom is 0.216 e. The first-order valence-corrected chi connectivity index (χ1v) is 5.61. The molecular formula is C11H20N4O. The Morgan fingerprint density at radius 3 is 2.75 bits per heavy atom. The summed E-state index contributed by atoms with van der Waals surface area (Å²) in [5.41, 5.74) is 2.25. The van der Waals surface area contributed by atoms with Crippen LogP contribution in [0.4, 0.5) is 0 Å². The van der Waals surface area contributed by atoms with Crippen LogP contribution in [0.15, 0.2) is 0 Å². The number of ether oxygens (including phenoxy) is 1. The Morgan fingerprint density at radius 2 is 2.25 bits per heavy atom. The van der Waals surface area contributed by atoms with Crippen LogP contribution in [-0.2, 0) is 13.6 Å². The molecule has 0 radical (unpaired) electrons. The molecule has 5 heteroatoms. The van der Waals surface area contributed by atoms with Crippen LogP contribution in [0.25, 0.3) is 0 Å². The minimum atomic E-state index is 0.643. The van der Waals surface area contributed by atoms with E-state index in [2.05, 4.69) is 22.4 Å². The van der Waals surface area contributed by atoms with Crippen LogP contribution in [0.1, 0.15) is 11.3 Å². The highest BCUT2D eigenvalue weighted by atomic mass is 16.5. The largest absolute Gasteiger partial charge is 0.481 e. The molecule has 0 aromatic carbocycles. The average molecular weight is 224 g/mol. The first-order chi connectivity index (χ1) is 7.63. The molecule has 0 atom stereocenters. The van der Waals surface area contributed by atoms with Gasteiger partial charge < -0.3 is 10.1 Å². The average Bonchev–Trinajstić information content (AvgIpc) is 2.38. The molecule has 0 unspecified atom stereocenters. The van der Waals surface area contributed by atoms with Gasteiger partial charge in [-0.05, 0) is 14.0 Å². The molecule has 2 rings (SSSR count). The fourth-order valence-corrected chi connectivity index (χ4v) is 2.08. The summed E-state index contributed by atoms with van der Waals surface area (Å²) in [6, 6.07) is 0.643. The summed E-state index contributed by atoms with van der Waals surface area (Å²) < 4.78 is 7.19. The van der Waals surface area contributed by atoms with Gasteiger partial charge in [-0.25, -0.2) is 4.68 Å². The molecule has 0 aliphatic carbocycles. The second-order valence-electron chi connectivity index (χ2n) is 4.42. The number of likely N-dealkylation sites (N-methyl/N-ethyl adjacent to an activating group) is 1. The molecule has 1 N–H and O–H groups in total. The Hall–Kier alpha value is -1.07. The summed E-state index contributed by atoms with van der Waals surface area (Å²) in [7, 11) is 5.77. The van der Waals surface area contributed by atoms with Gasteiger partial charge in [-0.1, -0.05) is 0 Å². The highest BCUT2D eigenvalue weighted by molar-refractivity contribution is 5.30. The van der Waals surface area contributed by atoms with Gasteiger partial charge in [0.25, 0.3) is 0 Å². The SMILES string of the molecule is COc1c(CN(C)C2CNC2)c(C)nn1C. The molecule has 1 aromatic heterocycles. The standard InChI is InChI=1S/C11H20N4O/c1-8-10(11(16-4)15(3)13-8)7-14(2)9-5-12-6-9/h9,12H,5-7H2,1-4H3. The van der Waals surface area contributed by atoms with Gasteiger partial charge in [0.15, 0.2) is 0 Å². The summed E-state index contributed by atoms with van der Waals surface area (Å²) in [4.78, 5) is 2.35. The lowest BCUT2D eigenvalue weighted by atomic mass is 10.1. The summed E-state index contributed by atoms with van der Waals surface area (Å²) in [5, 5.41) is 7.67. The molecule has 16 heavy (non-hydrogen) atoms. The lowest BCUT2D eigenvalue weighted by Gasteiger charge is -2.35. The predicted molar refractivity (Wildman–Crippen MR) is 62.6 cm³/mol. The molecule has 1 fully saturated rings. The Kier molecular flexibility index (Phi) is 3.16. The molecule has 1 saturated heterocycles. The van der Waals surface area contributed by atoms with E-state index in [4.69, 9.17) is 4.74 Å². The third-order valence-electron chi connectivity index (χ3n) is 3.27. The van der Waals surface area contributed by atoms with Gasteiger partial charge in [0.1, 0.15) is 0 Å². The number of aromatic nitrogens is 2. The van der Waals surface area contributed by atoms with E-state index in [1.54, 1.807) is 11.8 Å². The van der Waals surface area contributed by atoms with Crippen LogP contribution < -0.4 is 10.1 Å². The molecule has 1 aliphatic heterocycles. The predicted octanol–water partition coefficient (Wildman–Crippen LogP) is 0.141. The van der Waals surface area contributed by atoms with Crippen molar-refractivity contribution in [3.63, 3.8) is 0 Å². The summed E-state index contributed by atoms with van der Waals surface area (Å²) in [6.07, 6.45) is 0. The van der Waals surface area contributed by atoms with Crippen LogP contribution in [-0.4, -0.2) is 48.0 Å². The molecule has 0 bridgehead atoms. The number of hydrogen-bond acceptors (Lipinski definition) is 4. The zero-order valence-corrected chi connectivity index (χ0v) is 10.4. The second-order valence-corrected chi connectivity index (χ2v) is 4.42. The topological polar surface area (TPSA) is 42.3 Å². The molecule has 1 aromatic rings. The van der Waals surface area contributed by atoms with E-state index < -0.39 is 0 Å². The Morgan fingerprint density at radius 1 is 1.56 bits per heavy atom. The van der Waals surface area contributed by atoms with Crippen molar-refractivity contribution < 1.29 is 4.74 Å². The van der Waals surface area contributed by atoms with Gasteiger partial charge in [-0.3, -0.25) is 4.90 Å². The third-order valence-corrected chi connectivity index (χ3v) is 3.27. The zero-order valence-electron chi connectivity index (χ0n) is 10.4. The van der Waals surface area contributed by atoms with Gasteiger partial charge in [0.05, 0.1) is 18.4 Å². The maximum atomic E-state index is 5.39. The lowest BCUT2D eigenvalue weighted by molar-refractivity contribution is 0.171. The monoisotopic (exact) mass is 224 g/mol. The molecule has 2 heterocycles. The number of aryl methyl sites for hydroxylation is 2. The molecule has 90 valence electrons. The normalized spacial score (nSPS) is 16.6. The minimum absolute atomic E-state index is 0.643. The number of nitrogens with one attached hydrogen (secondary N) is 1. The fraction of sp³-hybridized carbons (Fsp3) is 0.727. The van der Waals surface area contributed by atoms with E-state index in [1.807, 2.05) is 14.0 Å². The smallest absolute Gasteiger partial charge is 0.216 e. The van der Waals surface area contributed by atoms with E-state index in [0.29, 0.717) is 6.04 Å². The van der Waals surface area contributed by atoms with Crippen molar-refractivity contribution in [2.24, 2.45) is 7.05 Å². The number of rotatable bonds is 4. The minimum Gasteiger partial charge on any atom is -0.481 e. The van der Waals surface area contributed by atoms with Gasteiger partial charge in [0.2, 0.25) is 5.88 Å². The van der Waals surface area contributed by atoms with Gasteiger partial charge in [-0.15, -0.1) is 0 Å². The van der Waals surface area contributed by atoms with Crippen molar-refractivity contribution in [1.29, 1.82) is 0 Å². The van der Waals surface area contributed by atoms with Crippen LogP contribution in [0.5, 0.6) is 5.88 Å². The van der Waals surface area contributed by atoms with E-state index in [-0.39, 0.29) is 0 Å². The van der Waals surface area contributed by atoms with E-state index in [9.17, 15) is 0 Å². The van der Waals surface area contributed by atoms with Crippen LogP contribution in [0.3, 0.4) is 0 Å². The van der Waals surface area contributed by atoms with Crippen LogP contribution >= 0.6 is 0 Å². The fourth-order valence-electron chi connectivity index (χ4n) is 2.08. The maximum absolute atomic E-state index is 5.39. The molecule has 0 amide bonds. The van der Waals surface area contributed by atoms with Gasteiger partial charge >= 0.3 is 0 Å². The van der Waals surface area contributed by atoms with Crippen molar-refractivity contribution in [2.75, 3.05) is 27.2 Å². The van der Waals surface area contributed by atoms with Crippen molar-refractivity contribution in [3.8, 4) is 5.88 Å². The van der Waals surface area contributed by atoms with Crippen molar-refractivity contribution in [3.05, 3.63) is 11.3 Å². The van der Waals surface area contributed by atoms with Crippen molar-refractivity contribution in [2.45, 2.75) is 19.5 Å². The first-order valence-electron chi connectivity index (χ1n) is 5.61. The van der Waals surface area contributed by atoms with Gasteiger partial charge in [-0.2, -0.15) is 5.10 Å². The van der Waals surface area contributed by atoms with E-state index in [0.717, 1.165) is 31.2 Å². The summed E-state index contributed by atoms with van der Waals surface area (Å²) >= 11 is 0. The molecule has 5 nitrogen and oxygen atoms in total. The second kappa shape index (κ2) is 4.43. The number of methoxy groups -OCH3 is 1. The zero-order chi connectivity index (χ0) is 11.7. The van der Waals surface area contributed by atoms with Crippen molar-refractivity contribution in [1.82, 2.24) is 20.0 Å². The third kappa shape index (κ3) is 1.92. The Bertz CT molecular complexity index is 370. The quantitative estimate of drug-likeness (QED) is 0.790. The summed E-state index contributed by atoms with van der Waals surface area (Å²) in [5.74, 6) is 0.872. The van der Waals surface area contributed by atoms with Crippen LogP contribution in [0, 0.1) is 6.92 Å². The van der Waals surface area contributed by atoms with E-state index in [1.165, 1.54) is 5.56 Å². The first kappa shape index (κ1) is 11.4. The molecule has 0 saturated carbocycles. The lowest BCUT2D eigenvalue weighted by Crippen LogP contribution is -2.55. The summed E-state index contributed by atoms with van der Waals surface area (Å²) in [6.45, 7) is 5.09. The Balaban J connectivity index is 2.13. The Labute approximate surface area is 96.4 Å². The van der Waals surface area contributed by atoms with Crippen molar-refractivity contribution >= 4 is 0 Å².